The third kappa shape index (κ3) is 6.18. The molecule has 0 radical (unpaired) electrons. The monoisotopic (exact) mass is 256 g/mol. The van der Waals surface area contributed by atoms with Crippen molar-refractivity contribution in [2.75, 3.05) is 0 Å². The van der Waals surface area contributed by atoms with Crippen molar-refractivity contribution in [2.24, 2.45) is 17.3 Å². The Labute approximate surface area is 111 Å². The summed E-state index contributed by atoms with van der Waals surface area (Å²) in [5.74, 6) is -0.286. The van der Waals surface area contributed by atoms with E-state index in [9.17, 15) is 9.59 Å². The van der Waals surface area contributed by atoms with Gasteiger partial charge in [0.1, 0.15) is 11.4 Å². The number of rotatable bonds is 4. The lowest BCUT2D eigenvalue weighted by molar-refractivity contribution is -0.158. The summed E-state index contributed by atoms with van der Waals surface area (Å²) >= 11 is 0. The molecule has 0 aliphatic carbocycles. The lowest BCUT2D eigenvalue weighted by atomic mass is 9.77. The fourth-order valence-electron chi connectivity index (χ4n) is 1.75. The molecule has 0 amide bonds. The summed E-state index contributed by atoms with van der Waals surface area (Å²) in [5, 5.41) is 0. The van der Waals surface area contributed by atoms with Crippen molar-refractivity contribution >= 4 is 11.8 Å². The van der Waals surface area contributed by atoms with E-state index in [0.29, 0.717) is 0 Å². The van der Waals surface area contributed by atoms with Crippen LogP contribution in [0, 0.1) is 17.3 Å². The van der Waals surface area contributed by atoms with E-state index in [1.54, 1.807) is 0 Å². The van der Waals surface area contributed by atoms with Gasteiger partial charge in [-0.05, 0) is 26.7 Å². The molecule has 0 aliphatic rings. The molecular weight excluding hydrogens is 228 g/mol. The number of carbonyl (C=O) groups is 2. The number of hydrogen-bond donors (Lipinski definition) is 0. The van der Waals surface area contributed by atoms with Gasteiger partial charge in [-0.3, -0.25) is 9.59 Å². The Kier molecular flexibility index (Phi) is 5.57. The number of carbonyl (C=O) groups excluding carboxylic acids is 2. The van der Waals surface area contributed by atoms with Crippen LogP contribution in [0.15, 0.2) is 0 Å². The van der Waals surface area contributed by atoms with E-state index in [2.05, 4.69) is 0 Å². The molecule has 0 aromatic heterocycles. The second-order valence-corrected chi connectivity index (χ2v) is 7.26. The highest BCUT2D eigenvalue weighted by atomic mass is 16.6. The molecule has 0 fully saturated rings. The van der Waals surface area contributed by atoms with E-state index in [1.807, 2.05) is 55.4 Å². The Morgan fingerprint density at radius 3 is 1.72 bits per heavy atom. The molecule has 0 N–H and O–H groups in total. The van der Waals surface area contributed by atoms with E-state index in [0.717, 1.165) is 0 Å². The Hall–Kier alpha value is -0.860. The lowest BCUT2D eigenvalue weighted by Gasteiger charge is -2.28. The van der Waals surface area contributed by atoms with Gasteiger partial charge >= 0.3 is 5.97 Å². The predicted molar refractivity (Wildman–Crippen MR) is 73.3 cm³/mol. The summed E-state index contributed by atoms with van der Waals surface area (Å²) in [6, 6.07) is 0. The second-order valence-electron chi connectivity index (χ2n) is 7.26. The van der Waals surface area contributed by atoms with Crippen LogP contribution in [-0.4, -0.2) is 17.4 Å². The van der Waals surface area contributed by atoms with Gasteiger partial charge in [-0.2, -0.15) is 0 Å². The summed E-state index contributed by atoms with van der Waals surface area (Å²) < 4.78 is 5.29. The number of esters is 1. The van der Waals surface area contributed by atoms with Crippen LogP contribution < -0.4 is 0 Å². The molecule has 1 atom stereocenters. The average molecular weight is 256 g/mol. The fraction of sp³-hybridized carbons (Fsp3) is 0.867. The molecule has 0 aromatic carbocycles. The van der Waals surface area contributed by atoms with E-state index >= 15 is 0 Å². The summed E-state index contributed by atoms with van der Waals surface area (Å²) in [7, 11) is 0. The summed E-state index contributed by atoms with van der Waals surface area (Å²) in [5.41, 5.74) is -0.916. The summed E-state index contributed by atoms with van der Waals surface area (Å²) in [6.45, 7) is 15.1. The molecule has 3 heteroatoms. The summed E-state index contributed by atoms with van der Waals surface area (Å²) in [4.78, 5) is 24.1. The van der Waals surface area contributed by atoms with Gasteiger partial charge in [-0.1, -0.05) is 34.6 Å². The Morgan fingerprint density at radius 2 is 1.44 bits per heavy atom. The van der Waals surface area contributed by atoms with Crippen LogP contribution in [0.1, 0.15) is 61.8 Å². The lowest BCUT2D eigenvalue weighted by Crippen LogP contribution is -2.35. The molecule has 106 valence electrons. The number of ketones is 1. The van der Waals surface area contributed by atoms with Gasteiger partial charge in [0.25, 0.3) is 0 Å². The van der Waals surface area contributed by atoms with Crippen LogP contribution in [0.25, 0.3) is 0 Å². The maximum atomic E-state index is 12.3. The Balaban J connectivity index is 4.76. The summed E-state index contributed by atoms with van der Waals surface area (Å²) in [6.07, 6.45) is 0.172. The third-order valence-corrected chi connectivity index (χ3v) is 2.69. The SMILES string of the molecule is CC(C)C(CC(=O)OC(C)(C)C)C(=O)C(C)(C)C. The minimum absolute atomic E-state index is 0.128. The molecular formula is C15H28O3. The van der Waals surface area contributed by atoms with E-state index in [1.165, 1.54) is 0 Å². The maximum absolute atomic E-state index is 12.3. The van der Waals surface area contributed by atoms with Crippen molar-refractivity contribution in [3.63, 3.8) is 0 Å². The zero-order valence-electron chi connectivity index (χ0n) is 13.1. The molecule has 1 unspecified atom stereocenters. The second kappa shape index (κ2) is 5.85. The van der Waals surface area contributed by atoms with Crippen LogP contribution in [0.5, 0.6) is 0 Å². The topological polar surface area (TPSA) is 43.4 Å². The zero-order chi connectivity index (χ0) is 14.7. The van der Waals surface area contributed by atoms with Crippen LogP contribution in [-0.2, 0) is 14.3 Å². The van der Waals surface area contributed by atoms with Gasteiger partial charge in [-0.15, -0.1) is 0 Å². The van der Waals surface area contributed by atoms with E-state index in [-0.39, 0.29) is 30.0 Å². The number of ether oxygens (including phenoxy) is 1. The first-order chi connectivity index (χ1) is 7.84. The highest BCUT2D eigenvalue weighted by Crippen LogP contribution is 2.28. The largest absolute Gasteiger partial charge is 0.460 e. The normalized spacial score (nSPS) is 14.5. The molecule has 0 rings (SSSR count). The molecule has 0 saturated carbocycles. The molecule has 3 nitrogen and oxygen atoms in total. The molecule has 18 heavy (non-hydrogen) atoms. The first kappa shape index (κ1) is 17.1. The van der Waals surface area contributed by atoms with Crippen LogP contribution >= 0.6 is 0 Å². The van der Waals surface area contributed by atoms with Gasteiger partial charge in [0.15, 0.2) is 0 Å². The first-order valence-electron chi connectivity index (χ1n) is 6.61. The maximum Gasteiger partial charge on any atom is 0.307 e. The van der Waals surface area contributed by atoms with Crippen molar-refractivity contribution < 1.29 is 14.3 Å². The van der Waals surface area contributed by atoms with Crippen molar-refractivity contribution in [1.82, 2.24) is 0 Å². The molecule has 0 bridgehead atoms. The van der Waals surface area contributed by atoms with Gasteiger partial charge < -0.3 is 4.74 Å². The average Bonchev–Trinajstić information content (AvgIpc) is 2.08. The molecule has 0 heterocycles. The fourth-order valence-corrected chi connectivity index (χ4v) is 1.75. The van der Waals surface area contributed by atoms with Crippen molar-refractivity contribution in [3.8, 4) is 0 Å². The van der Waals surface area contributed by atoms with Crippen LogP contribution in [0.3, 0.4) is 0 Å². The van der Waals surface area contributed by atoms with Crippen LogP contribution in [0.4, 0.5) is 0 Å². The van der Waals surface area contributed by atoms with Gasteiger partial charge in [-0.25, -0.2) is 0 Å². The quantitative estimate of drug-likeness (QED) is 0.722. The van der Waals surface area contributed by atoms with Gasteiger partial charge in [0.2, 0.25) is 0 Å². The Morgan fingerprint density at radius 1 is 1.00 bits per heavy atom. The molecule has 0 saturated heterocycles. The standard InChI is InChI=1S/C15H28O3/c1-10(2)11(13(17)14(3,4)5)9-12(16)18-15(6,7)8/h10-11H,9H2,1-8H3. The first-order valence-corrected chi connectivity index (χ1v) is 6.61. The Bertz CT molecular complexity index is 303. The number of hydrogen-bond acceptors (Lipinski definition) is 3. The van der Waals surface area contributed by atoms with Crippen molar-refractivity contribution in [2.45, 2.75) is 67.4 Å². The highest BCUT2D eigenvalue weighted by molar-refractivity contribution is 5.89. The molecule has 0 spiro atoms. The van der Waals surface area contributed by atoms with E-state index in [4.69, 9.17) is 4.74 Å². The molecule has 0 aliphatic heterocycles. The highest BCUT2D eigenvalue weighted by Gasteiger charge is 2.34. The van der Waals surface area contributed by atoms with Gasteiger partial charge in [0.05, 0.1) is 6.42 Å². The van der Waals surface area contributed by atoms with Crippen molar-refractivity contribution in [1.29, 1.82) is 0 Å². The van der Waals surface area contributed by atoms with Crippen LogP contribution in [0.2, 0.25) is 0 Å². The van der Waals surface area contributed by atoms with Gasteiger partial charge in [0, 0.05) is 11.3 Å². The zero-order valence-corrected chi connectivity index (χ0v) is 13.1. The minimum Gasteiger partial charge on any atom is -0.460 e. The number of Topliss-reactive ketones (excluding diaryl/α,β-unsaturated/α-hetero) is 1. The predicted octanol–water partition coefficient (Wildman–Crippen LogP) is 3.61. The van der Waals surface area contributed by atoms with Crippen molar-refractivity contribution in [3.05, 3.63) is 0 Å². The molecule has 0 aromatic rings. The van der Waals surface area contributed by atoms with E-state index < -0.39 is 11.0 Å². The smallest absolute Gasteiger partial charge is 0.307 e. The third-order valence-electron chi connectivity index (χ3n) is 2.69. The minimum atomic E-state index is -0.497.